The van der Waals surface area contributed by atoms with Crippen LogP contribution in [0.3, 0.4) is 0 Å². The maximum absolute atomic E-state index is 12.2. The molecule has 0 radical (unpaired) electrons. The quantitative estimate of drug-likeness (QED) is 0.831. The highest BCUT2D eigenvalue weighted by Crippen LogP contribution is 2.33. The molecule has 0 amide bonds. The summed E-state index contributed by atoms with van der Waals surface area (Å²) in [5.74, 6) is 0.798. The third-order valence-electron chi connectivity index (χ3n) is 3.19. The molecule has 0 saturated heterocycles. The molecular weight excluding hydrogens is 288 g/mol. The molecule has 5 nitrogen and oxygen atoms in total. The van der Waals surface area contributed by atoms with Gasteiger partial charge in [0, 0.05) is 12.6 Å². The summed E-state index contributed by atoms with van der Waals surface area (Å²) in [7, 11) is -2.12. The van der Waals surface area contributed by atoms with Crippen molar-refractivity contribution in [3.8, 4) is 5.75 Å². The van der Waals surface area contributed by atoms with E-state index in [1.807, 2.05) is 0 Å². The zero-order chi connectivity index (χ0) is 14.0. The first kappa shape index (κ1) is 14.6. The molecule has 1 atom stereocenters. The van der Waals surface area contributed by atoms with Crippen molar-refractivity contribution >= 4 is 21.6 Å². The lowest BCUT2D eigenvalue weighted by Gasteiger charge is -2.16. The van der Waals surface area contributed by atoms with E-state index in [-0.39, 0.29) is 16.0 Å². The van der Waals surface area contributed by atoms with Crippen molar-refractivity contribution in [2.45, 2.75) is 23.8 Å². The molecule has 1 saturated carbocycles. The highest BCUT2D eigenvalue weighted by Gasteiger charge is 2.33. The van der Waals surface area contributed by atoms with E-state index in [2.05, 4.69) is 4.72 Å². The minimum atomic E-state index is -3.59. The summed E-state index contributed by atoms with van der Waals surface area (Å²) in [5, 5.41) is 0.265. The monoisotopic (exact) mass is 304 g/mol. The Labute approximate surface area is 118 Å². The summed E-state index contributed by atoms with van der Waals surface area (Å²) in [6.07, 6.45) is 2.04. The number of methoxy groups -OCH3 is 1. The number of sulfonamides is 1. The fourth-order valence-corrected chi connectivity index (χ4v) is 3.58. The van der Waals surface area contributed by atoms with Crippen molar-refractivity contribution in [2.24, 2.45) is 11.7 Å². The van der Waals surface area contributed by atoms with Crippen molar-refractivity contribution in [3.05, 3.63) is 23.2 Å². The molecule has 1 aliphatic rings. The number of rotatable bonds is 6. The molecule has 0 aliphatic heterocycles. The lowest BCUT2D eigenvalue weighted by molar-refractivity contribution is 0.414. The largest absolute Gasteiger partial charge is 0.495 e. The van der Waals surface area contributed by atoms with E-state index < -0.39 is 10.0 Å². The number of halogens is 1. The first-order valence-corrected chi connectivity index (χ1v) is 7.90. The Bertz CT molecular complexity index is 558. The van der Waals surface area contributed by atoms with Gasteiger partial charge in [-0.15, -0.1) is 0 Å². The van der Waals surface area contributed by atoms with E-state index in [0.717, 1.165) is 12.8 Å². The van der Waals surface area contributed by atoms with Crippen LogP contribution < -0.4 is 15.2 Å². The van der Waals surface area contributed by atoms with Crippen LogP contribution in [0.4, 0.5) is 0 Å². The van der Waals surface area contributed by atoms with Crippen molar-refractivity contribution < 1.29 is 13.2 Å². The predicted molar refractivity (Wildman–Crippen MR) is 73.9 cm³/mol. The van der Waals surface area contributed by atoms with Crippen LogP contribution in [0.1, 0.15) is 12.8 Å². The average Bonchev–Trinajstić information content (AvgIpc) is 3.20. The molecule has 0 heterocycles. The fraction of sp³-hybridized carbons (Fsp3) is 0.500. The second-order valence-electron chi connectivity index (χ2n) is 4.60. The number of hydrogen-bond acceptors (Lipinski definition) is 4. The highest BCUT2D eigenvalue weighted by molar-refractivity contribution is 7.89. The van der Waals surface area contributed by atoms with Gasteiger partial charge in [0.1, 0.15) is 5.75 Å². The van der Waals surface area contributed by atoms with Crippen LogP contribution in [0.5, 0.6) is 5.75 Å². The van der Waals surface area contributed by atoms with E-state index in [4.69, 9.17) is 22.1 Å². The van der Waals surface area contributed by atoms with E-state index in [1.165, 1.54) is 25.3 Å². The van der Waals surface area contributed by atoms with E-state index in [1.54, 1.807) is 0 Å². The highest BCUT2D eigenvalue weighted by atomic mass is 35.5. The summed E-state index contributed by atoms with van der Waals surface area (Å²) in [6, 6.07) is 4.17. The third-order valence-corrected chi connectivity index (χ3v) is 4.97. The topological polar surface area (TPSA) is 81.4 Å². The normalized spacial score (nSPS) is 17.2. The van der Waals surface area contributed by atoms with Crippen LogP contribution in [-0.2, 0) is 10.0 Å². The first-order valence-electron chi connectivity index (χ1n) is 6.04. The van der Waals surface area contributed by atoms with Crippen LogP contribution in [0.15, 0.2) is 23.1 Å². The Morgan fingerprint density at radius 1 is 1.53 bits per heavy atom. The lowest BCUT2D eigenvalue weighted by Crippen LogP contribution is -2.41. The molecule has 7 heteroatoms. The van der Waals surface area contributed by atoms with Gasteiger partial charge < -0.3 is 10.5 Å². The van der Waals surface area contributed by atoms with E-state index in [0.29, 0.717) is 18.2 Å². The number of hydrogen-bond donors (Lipinski definition) is 2. The maximum atomic E-state index is 12.2. The molecule has 0 bridgehead atoms. The molecule has 3 N–H and O–H groups in total. The molecule has 19 heavy (non-hydrogen) atoms. The molecule has 1 aliphatic carbocycles. The summed E-state index contributed by atoms with van der Waals surface area (Å²) in [4.78, 5) is 0.123. The molecular formula is C12H17ClN2O3S. The van der Waals surface area contributed by atoms with Crippen LogP contribution in [0, 0.1) is 5.92 Å². The van der Waals surface area contributed by atoms with Crippen LogP contribution in [-0.4, -0.2) is 28.1 Å². The molecule has 1 aromatic carbocycles. The van der Waals surface area contributed by atoms with Gasteiger partial charge in [0.2, 0.25) is 10.0 Å². The first-order chi connectivity index (χ1) is 8.97. The number of nitrogens with one attached hydrogen (secondary N) is 1. The summed E-state index contributed by atoms with van der Waals surface area (Å²) in [5.41, 5.74) is 5.60. The average molecular weight is 305 g/mol. The maximum Gasteiger partial charge on any atom is 0.240 e. The fourth-order valence-electron chi connectivity index (χ4n) is 1.92. The molecule has 0 spiro atoms. The number of ether oxygens (including phenoxy) is 1. The van der Waals surface area contributed by atoms with Gasteiger partial charge in [-0.25, -0.2) is 13.1 Å². The Kier molecular flexibility index (Phi) is 4.35. The number of nitrogens with two attached hydrogens (primary N) is 1. The number of benzene rings is 1. The third kappa shape index (κ3) is 3.39. The second kappa shape index (κ2) is 5.66. The summed E-state index contributed by atoms with van der Waals surface area (Å²) in [6.45, 7) is 0.299. The molecule has 2 rings (SSSR count). The standard InChI is InChI=1S/C12H17ClN2O3S/c1-18-12-5-4-9(6-10(12)13)19(16,17)15-11(7-14)8-2-3-8/h4-6,8,11,15H,2-3,7,14H2,1H3. The Balaban J connectivity index is 2.21. The van der Waals surface area contributed by atoms with Gasteiger partial charge in [0.15, 0.2) is 0 Å². The van der Waals surface area contributed by atoms with Gasteiger partial charge >= 0.3 is 0 Å². The SMILES string of the molecule is COc1ccc(S(=O)(=O)NC(CN)C2CC2)cc1Cl. The zero-order valence-electron chi connectivity index (χ0n) is 10.6. The van der Waals surface area contributed by atoms with Crippen molar-refractivity contribution in [2.75, 3.05) is 13.7 Å². The van der Waals surface area contributed by atoms with Crippen molar-refractivity contribution in [3.63, 3.8) is 0 Å². The Morgan fingerprint density at radius 2 is 2.21 bits per heavy atom. The van der Waals surface area contributed by atoms with Gasteiger partial charge in [-0.2, -0.15) is 0 Å². The van der Waals surface area contributed by atoms with E-state index in [9.17, 15) is 8.42 Å². The zero-order valence-corrected chi connectivity index (χ0v) is 12.2. The van der Waals surface area contributed by atoms with Gasteiger partial charge in [-0.1, -0.05) is 11.6 Å². The molecule has 1 fully saturated rings. The second-order valence-corrected chi connectivity index (χ2v) is 6.72. The summed E-state index contributed by atoms with van der Waals surface area (Å²) >= 11 is 5.94. The summed E-state index contributed by atoms with van der Waals surface area (Å²) < 4.78 is 32.1. The molecule has 0 aromatic heterocycles. The van der Waals surface area contributed by atoms with Crippen LogP contribution in [0.25, 0.3) is 0 Å². The molecule has 106 valence electrons. The predicted octanol–water partition coefficient (Wildman–Crippen LogP) is 1.36. The lowest BCUT2D eigenvalue weighted by atomic mass is 10.2. The van der Waals surface area contributed by atoms with Crippen LogP contribution >= 0.6 is 11.6 Å². The van der Waals surface area contributed by atoms with Crippen molar-refractivity contribution in [1.82, 2.24) is 4.72 Å². The van der Waals surface area contributed by atoms with Gasteiger partial charge in [0.25, 0.3) is 0 Å². The Morgan fingerprint density at radius 3 is 2.68 bits per heavy atom. The smallest absolute Gasteiger partial charge is 0.240 e. The Hall–Kier alpha value is -0.820. The van der Waals surface area contributed by atoms with Gasteiger partial charge in [0.05, 0.1) is 17.0 Å². The minimum absolute atomic E-state index is 0.123. The minimum Gasteiger partial charge on any atom is -0.495 e. The molecule has 1 unspecified atom stereocenters. The molecule has 1 aromatic rings. The van der Waals surface area contributed by atoms with Gasteiger partial charge in [-0.3, -0.25) is 0 Å². The van der Waals surface area contributed by atoms with E-state index >= 15 is 0 Å². The van der Waals surface area contributed by atoms with Crippen LogP contribution in [0.2, 0.25) is 5.02 Å². The van der Waals surface area contributed by atoms with Crippen molar-refractivity contribution in [1.29, 1.82) is 0 Å². The van der Waals surface area contributed by atoms with Gasteiger partial charge in [-0.05, 0) is 37.0 Å².